The van der Waals surface area contributed by atoms with Gasteiger partial charge in [0, 0.05) is 31.5 Å². The van der Waals surface area contributed by atoms with Crippen LogP contribution in [0.1, 0.15) is 5.56 Å². The van der Waals surface area contributed by atoms with E-state index in [1.165, 1.54) is 49.3 Å². The average molecular weight is 494 g/mol. The third kappa shape index (κ3) is 5.97. The Labute approximate surface area is 195 Å². The number of carbonyl (C=O) groups excluding carboxylic acids is 1. The maximum Gasteiger partial charge on any atom is 0.242 e. The Balaban J connectivity index is 1.60. The molecule has 0 saturated heterocycles. The Bertz CT molecular complexity index is 1210. The molecule has 170 valence electrons. The van der Waals surface area contributed by atoms with Crippen LogP contribution in [0, 0.1) is 6.92 Å². The molecule has 0 aliphatic heterocycles. The number of ether oxygens (including phenoxy) is 1. The van der Waals surface area contributed by atoms with Crippen LogP contribution in [0.15, 0.2) is 51.7 Å². The second kappa shape index (κ2) is 10.3. The molecule has 1 amide bonds. The molecular weight excluding hydrogens is 470 g/mol. The van der Waals surface area contributed by atoms with Crippen molar-refractivity contribution in [2.24, 2.45) is 0 Å². The van der Waals surface area contributed by atoms with E-state index in [1.807, 2.05) is 24.3 Å². The van der Waals surface area contributed by atoms with E-state index < -0.39 is 10.0 Å². The number of hydrogen-bond donors (Lipinski definition) is 2. The fourth-order valence-electron chi connectivity index (χ4n) is 2.56. The van der Waals surface area contributed by atoms with E-state index in [4.69, 9.17) is 4.74 Å². The molecule has 9 nitrogen and oxygen atoms in total. The van der Waals surface area contributed by atoms with Crippen molar-refractivity contribution in [3.05, 3.63) is 48.0 Å². The van der Waals surface area contributed by atoms with Gasteiger partial charge in [0.15, 0.2) is 4.34 Å². The minimum absolute atomic E-state index is 0.109. The summed E-state index contributed by atoms with van der Waals surface area (Å²) in [6.45, 7) is 1.80. The van der Waals surface area contributed by atoms with Crippen LogP contribution in [0.2, 0.25) is 0 Å². The number of carbonyl (C=O) groups is 1. The monoisotopic (exact) mass is 493 g/mol. The highest BCUT2D eigenvalue weighted by atomic mass is 32.2. The Morgan fingerprint density at radius 3 is 2.69 bits per heavy atom. The van der Waals surface area contributed by atoms with Crippen LogP contribution in [0.5, 0.6) is 5.75 Å². The molecule has 3 aromatic rings. The number of thioether (sulfide) groups is 1. The molecular formula is C20H23N5O4S3. The van der Waals surface area contributed by atoms with Crippen molar-refractivity contribution in [2.45, 2.75) is 16.2 Å². The van der Waals surface area contributed by atoms with Gasteiger partial charge in [-0.1, -0.05) is 35.2 Å². The van der Waals surface area contributed by atoms with Crippen LogP contribution in [0.25, 0.3) is 0 Å². The molecule has 0 saturated carbocycles. The molecule has 0 fully saturated rings. The summed E-state index contributed by atoms with van der Waals surface area (Å²) in [5.74, 6) is 0.566. The molecule has 0 spiro atoms. The van der Waals surface area contributed by atoms with Gasteiger partial charge in [0.05, 0.1) is 17.8 Å². The van der Waals surface area contributed by atoms with E-state index in [0.29, 0.717) is 15.2 Å². The summed E-state index contributed by atoms with van der Waals surface area (Å²) in [5, 5.41) is 14.7. The first-order chi connectivity index (χ1) is 15.2. The molecule has 0 aliphatic carbocycles. The van der Waals surface area contributed by atoms with Crippen molar-refractivity contribution >= 4 is 55.5 Å². The lowest BCUT2D eigenvalue weighted by Gasteiger charge is -2.14. The number of amides is 1. The van der Waals surface area contributed by atoms with Gasteiger partial charge in [0.25, 0.3) is 0 Å². The number of nitrogens with one attached hydrogen (secondary N) is 2. The van der Waals surface area contributed by atoms with Gasteiger partial charge in [0.2, 0.25) is 21.1 Å². The van der Waals surface area contributed by atoms with E-state index in [-0.39, 0.29) is 16.6 Å². The maximum atomic E-state index is 12.4. The van der Waals surface area contributed by atoms with E-state index in [0.717, 1.165) is 21.3 Å². The van der Waals surface area contributed by atoms with E-state index >= 15 is 0 Å². The highest BCUT2D eigenvalue weighted by molar-refractivity contribution is 8.01. The topological polar surface area (TPSA) is 114 Å². The minimum Gasteiger partial charge on any atom is -0.497 e. The number of nitrogens with zero attached hydrogens (tertiary/aromatic N) is 3. The summed E-state index contributed by atoms with van der Waals surface area (Å²) in [4.78, 5) is 12.6. The normalized spacial score (nSPS) is 11.4. The van der Waals surface area contributed by atoms with Crippen LogP contribution in [-0.4, -0.2) is 55.8 Å². The molecule has 0 aliphatic rings. The summed E-state index contributed by atoms with van der Waals surface area (Å²) in [6, 6.07) is 12.1. The second-order valence-corrected chi connectivity index (χ2v) is 11.2. The lowest BCUT2D eigenvalue weighted by atomic mass is 10.2. The van der Waals surface area contributed by atoms with Crippen LogP contribution >= 0.6 is 23.1 Å². The third-order valence-corrected chi connectivity index (χ3v) is 8.10. The van der Waals surface area contributed by atoms with Gasteiger partial charge in [0.1, 0.15) is 5.75 Å². The van der Waals surface area contributed by atoms with Crippen molar-refractivity contribution in [3.63, 3.8) is 0 Å². The average Bonchev–Trinajstić information content (AvgIpc) is 3.21. The Kier molecular flexibility index (Phi) is 7.72. The van der Waals surface area contributed by atoms with Gasteiger partial charge in [-0.3, -0.25) is 4.79 Å². The maximum absolute atomic E-state index is 12.4. The first kappa shape index (κ1) is 24.0. The number of benzene rings is 2. The largest absolute Gasteiger partial charge is 0.497 e. The fourth-order valence-corrected chi connectivity index (χ4v) is 5.06. The number of aryl methyl sites for hydroxylation is 1. The molecule has 3 rings (SSSR count). The van der Waals surface area contributed by atoms with Crippen LogP contribution in [-0.2, 0) is 14.8 Å². The van der Waals surface area contributed by atoms with E-state index in [9.17, 15) is 13.2 Å². The zero-order valence-electron chi connectivity index (χ0n) is 17.9. The number of hydrogen-bond acceptors (Lipinski definition) is 9. The summed E-state index contributed by atoms with van der Waals surface area (Å²) in [6.07, 6.45) is 0. The van der Waals surface area contributed by atoms with Crippen molar-refractivity contribution in [1.29, 1.82) is 0 Å². The third-order valence-electron chi connectivity index (χ3n) is 4.32. The highest BCUT2D eigenvalue weighted by Crippen LogP contribution is 2.29. The summed E-state index contributed by atoms with van der Waals surface area (Å²) in [7, 11) is 0.934. The van der Waals surface area contributed by atoms with Gasteiger partial charge in [-0.2, -0.15) is 0 Å². The fraction of sp³-hybridized carbons (Fsp3) is 0.250. The van der Waals surface area contributed by atoms with Crippen LogP contribution in [0.4, 0.5) is 16.5 Å². The first-order valence-corrected chi connectivity index (χ1v) is 12.6. The summed E-state index contributed by atoms with van der Waals surface area (Å²) < 4.78 is 31.6. The number of methoxy groups -OCH3 is 1. The number of anilines is 3. The van der Waals surface area contributed by atoms with Gasteiger partial charge in [-0.15, -0.1) is 10.2 Å². The minimum atomic E-state index is -3.59. The molecule has 2 aromatic carbocycles. The zero-order chi connectivity index (χ0) is 23.3. The zero-order valence-corrected chi connectivity index (χ0v) is 20.4. The predicted molar refractivity (Wildman–Crippen MR) is 128 cm³/mol. The smallest absolute Gasteiger partial charge is 0.242 e. The lowest BCUT2D eigenvalue weighted by Crippen LogP contribution is -2.22. The van der Waals surface area contributed by atoms with Crippen LogP contribution in [0.3, 0.4) is 0 Å². The van der Waals surface area contributed by atoms with E-state index in [2.05, 4.69) is 20.8 Å². The molecule has 0 unspecified atom stereocenters. The molecule has 1 heterocycles. The first-order valence-electron chi connectivity index (χ1n) is 9.39. The standard InChI is InChI=1S/C20H23N5O4S3/c1-13-8-9-16(32(27,28)25(2)3)11-17(13)22-18(26)12-30-20-24-23-19(31-20)21-14-6-5-7-15(10-14)29-4/h5-11H,12H2,1-4H3,(H,21,23)(H,22,26). The quantitative estimate of drug-likeness (QED) is 0.435. The second-order valence-electron chi connectivity index (χ2n) is 6.83. The van der Waals surface area contributed by atoms with Crippen molar-refractivity contribution < 1.29 is 17.9 Å². The van der Waals surface area contributed by atoms with Crippen molar-refractivity contribution in [3.8, 4) is 5.75 Å². The molecule has 12 heteroatoms. The Morgan fingerprint density at radius 2 is 1.97 bits per heavy atom. The van der Waals surface area contributed by atoms with Crippen molar-refractivity contribution in [1.82, 2.24) is 14.5 Å². The van der Waals surface area contributed by atoms with Gasteiger partial charge in [-0.25, -0.2) is 12.7 Å². The van der Waals surface area contributed by atoms with Crippen LogP contribution < -0.4 is 15.4 Å². The number of rotatable bonds is 9. The predicted octanol–water partition coefficient (Wildman–Crippen LogP) is 3.58. The molecule has 0 radical (unpaired) electrons. The number of aromatic nitrogens is 2. The van der Waals surface area contributed by atoms with E-state index in [1.54, 1.807) is 20.1 Å². The van der Waals surface area contributed by atoms with Crippen molar-refractivity contribution in [2.75, 3.05) is 37.6 Å². The Hall–Kier alpha value is -2.67. The summed E-state index contributed by atoms with van der Waals surface area (Å²) >= 11 is 2.57. The molecule has 0 bridgehead atoms. The Morgan fingerprint density at radius 1 is 1.19 bits per heavy atom. The highest BCUT2D eigenvalue weighted by Gasteiger charge is 2.19. The molecule has 0 atom stereocenters. The molecule has 32 heavy (non-hydrogen) atoms. The van der Waals surface area contributed by atoms with Gasteiger partial charge < -0.3 is 15.4 Å². The number of sulfonamides is 1. The summed E-state index contributed by atoms with van der Waals surface area (Å²) in [5.41, 5.74) is 2.04. The molecule has 2 N–H and O–H groups in total. The molecule has 1 aromatic heterocycles. The SMILES string of the molecule is COc1cccc(Nc2nnc(SCC(=O)Nc3cc(S(=O)(=O)N(C)C)ccc3C)s2)c1. The van der Waals surface area contributed by atoms with Gasteiger partial charge in [-0.05, 0) is 36.8 Å². The van der Waals surface area contributed by atoms with Gasteiger partial charge >= 0.3 is 0 Å². The lowest BCUT2D eigenvalue weighted by molar-refractivity contribution is -0.113.